The quantitative estimate of drug-likeness (QED) is 0.486. The van der Waals surface area contributed by atoms with Gasteiger partial charge in [-0.1, -0.05) is 6.07 Å². The van der Waals surface area contributed by atoms with Gasteiger partial charge in [0.2, 0.25) is 0 Å². The summed E-state index contributed by atoms with van der Waals surface area (Å²) in [6.45, 7) is 0. The molecule has 0 atom stereocenters. The van der Waals surface area contributed by atoms with E-state index in [2.05, 4.69) is 10.5 Å². The summed E-state index contributed by atoms with van der Waals surface area (Å²) in [5, 5.41) is 14.8. The normalized spacial score (nSPS) is 14.8. The Labute approximate surface area is 140 Å². The van der Waals surface area contributed by atoms with Gasteiger partial charge in [0.05, 0.1) is 22.9 Å². The van der Waals surface area contributed by atoms with Crippen LogP contribution in [0.3, 0.4) is 0 Å². The van der Waals surface area contributed by atoms with Crippen molar-refractivity contribution in [2.45, 2.75) is 31.8 Å². The number of hydrogen-bond acceptors (Lipinski definition) is 5. The lowest BCUT2D eigenvalue weighted by molar-refractivity contribution is -0.384. The van der Waals surface area contributed by atoms with Crippen molar-refractivity contribution in [3.8, 4) is 5.75 Å². The zero-order valence-electron chi connectivity index (χ0n) is 13.2. The van der Waals surface area contributed by atoms with E-state index in [0.717, 1.165) is 24.2 Å². The lowest BCUT2D eigenvalue weighted by atomic mass is 10.2. The van der Waals surface area contributed by atoms with Gasteiger partial charge in [-0.15, -0.1) is 0 Å². The minimum Gasteiger partial charge on any atom is -0.490 e. The summed E-state index contributed by atoms with van der Waals surface area (Å²) in [4.78, 5) is 10.3. The fourth-order valence-corrected chi connectivity index (χ4v) is 2.70. The molecule has 1 fully saturated rings. The van der Waals surface area contributed by atoms with Gasteiger partial charge in [0.1, 0.15) is 5.75 Å². The molecular weight excluding hydrogens is 306 g/mol. The number of anilines is 1. The number of benzene rings is 2. The number of ether oxygens (including phenoxy) is 1. The van der Waals surface area contributed by atoms with Crippen LogP contribution in [0.1, 0.15) is 31.2 Å². The summed E-state index contributed by atoms with van der Waals surface area (Å²) in [7, 11) is 0. The van der Waals surface area contributed by atoms with Gasteiger partial charge >= 0.3 is 0 Å². The van der Waals surface area contributed by atoms with Crippen LogP contribution in [-0.4, -0.2) is 17.2 Å². The van der Waals surface area contributed by atoms with Crippen LogP contribution >= 0.6 is 0 Å². The van der Waals surface area contributed by atoms with Crippen molar-refractivity contribution < 1.29 is 9.66 Å². The average Bonchev–Trinajstić information content (AvgIpc) is 3.10. The first-order valence-electron chi connectivity index (χ1n) is 8.01. The Hall–Kier alpha value is -2.89. The second kappa shape index (κ2) is 7.59. The topological polar surface area (TPSA) is 76.8 Å². The molecule has 0 aliphatic heterocycles. The third-order valence-electron chi connectivity index (χ3n) is 3.95. The summed E-state index contributed by atoms with van der Waals surface area (Å²) in [6, 6.07) is 14.0. The van der Waals surface area contributed by atoms with Crippen molar-refractivity contribution in [2.75, 3.05) is 5.43 Å². The lowest BCUT2D eigenvalue weighted by Crippen LogP contribution is -2.10. The van der Waals surface area contributed by atoms with Gasteiger partial charge in [-0.05, 0) is 61.6 Å². The molecule has 24 heavy (non-hydrogen) atoms. The number of hydrazone groups is 1. The highest BCUT2D eigenvalue weighted by Crippen LogP contribution is 2.24. The zero-order chi connectivity index (χ0) is 16.8. The van der Waals surface area contributed by atoms with Gasteiger partial charge in [0.15, 0.2) is 0 Å². The highest BCUT2D eigenvalue weighted by atomic mass is 16.6. The average molecular weight is 325 g/mol. The van der Waals surface area contributed by atoms with E-state index in [1.54, 1.807) is 18.3 Å². The van der Waals surface area contributed by atoms with Crippen LogP contribution in [0.25, 0.3) is 0 Å². The first-order valence-corrected chi connectivity index (χ1v) is 8.01. The van der Waals surface area contributed by atoms with Crippen molar-refractivity contribution in [3.05, 3.63) is 64.2 Å². The number of nitrogens with one attached hydrogen (secondary N) is 1. The maximum Gasteiger partial charge on any atom is 0.271 e. The van der Waals surface area contributed by atoms with Crippen LogP contribution in [0.5, 0.6) is 5.75 Å². The number of nitro benzene ring substituents is 1. The molecule has 0 saturated heterocycles. The zero-order valence-corrected chi connectivity index (χ0v) is 13.2. The Morgan fingerprint density at radius 1 is 1.17 bits per heavy atom. The smallest absolute Gasteiger partial charge is 0.271 e. The van der Waals surface area contributed by atoms with Gasteiger partial charge in [-0.25, -0.2) is 0 Å². The molecule has 2 aromatic carbocycles. The molecule has 1 aliphatic carbocycles. The van der Waals surface area contributed by atoms with E-state index < -0.39 is 4.92 Å². The number of nitrogens with zero attached hydrogens (tertiary/aromatic N) is 2. The summed E-state index contributed by atoms with van der Waals surface area (Å²) >= 11 is 0. The van der Waals surface area contributed by atoms with Gasteiger partial charge in [-0.3, -0.25) is 15.5 Å². The van der Waals surface area contributed by atoms with Crippen molar-refractivity contribution in [3.63, 3.8) is 0 Å². The molecule has 0 unspecified atom stereocenters. The van der Waals surface area contributed by atoms with Crippen LogP contribution in [0, 0.1) is 10.1 Å². The molecule has 0 amide bonds. The molecule has 124 valence electrons. The number of rotatable bonds is 6. The summed E-state index contributed by atoms with van der Waals surface area (Å²) in [6.07, 6.45) is 6.78. The van der Waals surface area contributed by atoms with Gasteiger partial charge in [0.25, 0.3) is 5.69 Å². The highest BCUT2D eigenvalue weighted by Gasteiger charge is 2.16. The number of hydrogen-bond donors (Lipinski definition) is 1. The summed E-state index contributed by atoms with van der Waals surface area (Å²) < 4.78 is 5.92. The first kappa shape index (κ1) is 16.0. The standard InChI is InChI=1S/C18H19N3O3/c22-21(23)16-5-3-4-15(12-16)20-19-13-14-8-10-18(11-9-14)24-17-6-1-2-7-17/h3-5,8-13,17,20H,1-2,6-7H2. The molecule has 0 bridgehead atoms. The number of non-ortho nitro benzene ring substituents is 1. The molecule has 2 aromatic rings. The molecule has 0 heterocycles. The monoisotopic (exact) mass is 325 g/mol. The number of nitro groups is 1. The third kappa shape index (κ3) is 4.32. The SMILES string of the molecule is O=[N+]([O-])c1cccc(NN=Cc2ccc(OC3CCCC3)cc2)c1. The highest BCUT2D eigenvalue weighted by molar-refractivity contribution is 5.80. The Kier molecular flexibility index (Phi) is 5.05. The van der Waals surface area contributed by atoms with E-state index in [-0.39, 0.29) is 5.69 Å². The Balaban J connectivity index is 1.56. The van der Waals surface area contributed by atoms with E-state index in [4.69, 9.17) is 4.74 Å². The van der Waals surface area contributed by atoms with Crippen LogP contribution in [0.2, 0.25) is 0 Å². The van der Waals surface area contributed by atoms with E-state index in [1.807, 2.05) is 24.3 Å². The third-order valence-corrected chi connectivity index (χ3v) is 3.95. The molecule has 1 aliphatic rings. The van der Waals surface area contributed by atoms with Crippen molar-refractivity contribution in [1.29, 1.82) is 0 Å². The van der Waals surface area contributed by atoms with E-state index >= 15 is 0 Å². The van der Waals surface area contributed by atoms with E-state index in [0.29, 0.717) is 11.8 Å². The molecule has 1 saturated carbocycles. The van der Waals surface area contributed by atoms with Crippen LogP contribution < -0.4 is 10.2 Å². The fourth-order valence-electron chi connectivity index (χ4n) is 2.70. The van der Waals surface area contributed by atoms with Crippen molar-refractivity contribution in [1.82, 2.24) is 0 Å². The maximum atomic E-state index is 10.7. The van der Waals surface area contributed by atoms with E-state index in [1.165, 1.54) is 25.0 Å². The Bertz CT molecular complexity index is 723. The summed E-state index contributed by atoms with van der Waals surface area (Å²) in [5.41, 5.74) is 4.32. The molecule has 6 heteroatoms. The molecule has 0 spiro atoms. The van der Waals surface area contributed by atoms with E-state index in [9.17, 15) is 10.1 Å². The van der Waals surface area contributed by atoms with Crippen LogP contribution in [0.15, 0.2) is 53.6 Å². The van der Waals surface area contributed by atoms with Crippen molar-refractivity contribution >= 4 is 17.6 Å². The van der Waals surface area contributed by atoms with Gasteiger partial charge in [0, 0.05) is 12.1 Å². The summed E-state index contributed by atoms with van der Waals surface area (Å²) in [5.74, 6) is 0.880. The molecule has 0 radical (unpaired) electrons. The first-order chi connectivity index (χ1) is 11.7. The van der Waals surface area contributed by atoms with Crippen molar-refractivity contribution in [2.24, 2.45) is 5.10 Å². The van der Waals surface area contributed by atoms with Gasteiger partial charge in [-0.2, -0.15) is 5.10 Å². The second-order valence-electron chi connectivity index (χ2n) is 5.77. The predicted octanol–water partition coefficient (Wildman–Crippen LogP) is 4.36. The van der Waals surface area contributed by atoms with Crippen LogP contribution in [-0.2, 0) is 0 Å². The molecule has 0 aromatic heterocycles. The molecule has 1 N–H and O–H groups in total. The fraction of sp³-hybridized carbons (Fsp3) is 0.278. The molecular formula is C18H19N3O3. The van der Waals surface area contributed by atoms with Gasteiger partial charge < -0.3 is 4.74 Å². The minimum absolute atomic E-state index is 0.0311. The van der Waals surface area contributed by atoms with Crippen LogP contribution in [0.4, 0.5) is 11.4 Å². The largest absolute Gasteiger partial charge is 0.490 e. The predicted molar refractivity (Wildman–Crippen MR) is 93.6 cm³/mol. The minimum atomic E-state index is -0.433. The Morgan fingerprint density at radius 2 is 1.92 bits per heavy atom. The lowest BCUT2D eigenvalue weighted by Gasteiger charge is -2.12. The second-order valence-corrected chi connectivity index (χ2v) is 5.77. The maximum absolute atomic E-state index is 10.7. The Morgan fingerprint density at radius 3 is 2.62 bits per heavy atom. The molecule has 6 nitrogen and oxygen atoms in total. The molecule has 3 rings (SSSR count).